The van der Waals surface area contributed by atoms with Crippen LogP contribution in [0.25, 0.3) is 0 Å². The van der Waals surface area contributed by atoms with Crippen LogP contribution in [0.15, 0.2) is 65.9 Å². The summed E-state index contributed by atoms with van der Waals surface area (Å²) in [5.74, 6) is 0.0470. The van der Waals surface area contributed by atoms with E-state index in [1.165, 1.54) is 13.3 Å². The first-order chi connectivity index (χ1) is 16.0. The summed E-state index contributed by atoms with van der Waals surface area (Å²) in [5, 5.41) is 0. The van der Waals surface area contributed by atoms with Crippen molar-refractivity contribution in [1.29, 1.82) is 0 Å². The van der Waals surface area contributed by atoms with E-state index in [2.05, 4.69) is 15.0 Å². The standard InChI is InChI=1S/C24H26N4O3/c1-16-14-27-21(15-26-16)22(29)13-17-6-5-7-19(12-17)24(2,28-23(25)31-4)18-8-10-20(30-3)11-9-18/h5-12,14-15H,13H2,1-4H3,(H2,25,28)/i3D3. The first-order valence-corrected chi connectivity index (χ1v) is 9.60. The van der Waals surface area contributed by atoms with Gasteiger partial charge in [0.2, 0.25) is 0 Å². The molecule has 31 heavy (non-hydrogen) atoms. The average Bonchev–Trinajstić information content (AvgIpc) is 2.79. The summed E-state index contributed by atoms with van der Waals surface area (Å²) in [6.45, 7) is 3.66. The molecule has 0 bridgehead atoms. The fourth-order valence-electron chi connectivity index (χ4n) is 3.21. The molecule has 1 atom stereocenters. The van der Waals surface area contributed by atoms with E-state index in [4.69, 9.17) is 19.3 Å². The normalized spacial score (nSPS) is 15.2. The minimum absolute atomic E-state index is 0.0262. The van der Waals surface area contributed by atoms with Crippen LogP contribution in [0.4, 0.5) is 0 Å². The molecule has 2 N–H and O–H groups in total. The summed E-state index contributed by atoms with van der Waals surface area (Å²) in [4.78, 5) is 25.6. The van der Waals surface area contributed by atoms with E-state index in [-0.39, 0.29) is 24.0 Å². The van der Waals surface area contributed by atoms with Gasteiger partial charge in [-0.3, -0.25) is 9.78 Å². The summed E-state index contributed by atoms with van der Waals surface area (Å²) in [7, 11) is -1.13. The minimum atomic E-state index is -2.55. The lowest BCUT2D eigenvalue weighted by molar-refractivity contribution is 0.0987. The zero-order valence-corrected chi connectivity index (χ0v) is 17.6. The third-order valence-corrected chi connectivity index (χ3v) is 5.00. The molecule has 2 aromatic carbocycles. The Labute approximate surface area is 186 Å². The van der Waals surface area contributed by atoms with Gasteiger partial charge in [0.25, 0.3) is 6.02 Å². The van der Waals surface area contributed by atoms with Crippen LogP contribution in [-0.2, 0) is 16.7 Å². The fraction of sp³-hybridized carbons (Fsp3) is 0.250. The highest BCUT2D eigenvalue weighted by molar-refractivity contribution is 5.95. The Kier molecular flexibility index (Phi) is 5.47. The van der Waals surface area contributed by atoms with E-state index in [9.17, 15) is 4.79 Å². The lowest BCUT2D eigenvalue weighted by Gasteiger charge is -2.27. The maximum Gasteiger partial charge on any atom is 0.282 e. The maximum atomic E-state index is 12.7. The summed E-state index contributed by atoms with van der Waals surface area (Å²) in [5.41, 5.74) is 8.21. The van der Waals surface area contributed by atoms with Crippen LogP contribution in [-0.4, -0.2) is 35.9 Å². The van der Waals surface area contributed by atoms with E-state index in [1.54, 1.807) is 37.4 Å². The molecule has 0 aliphatic heterocycles. The minimum Gasteiger partial charge on any atom is -0.497 e. The molecule has 1 heterocycles. The van der Waals surface area contributed by atoms with Crippen LogP contribution in [0.2, 0.25) is 0 Å². The van der Waals surface area contributed by atoms with Gasteiger partial charge in [0, 0.05) is 12.6 Å². The van der Waals surface area contributed by atoms with Gasteiger partial charge in [0.15, 0.2) is 5.78 Å². The van der Waals surface area contributed by atoms with Crippen molar-refractivity contribution in [3.63, 3.8) is 0 Å². The first kappa shape index (κ1) is 18.1. The molecule has 7 nitrogen and oxygen atoms in total. The smallest absolute Gasteiger partial charge is 0.282 e. The Morgan fingerprint density at radius 3 is 2.58 bits per heavy atom. The van der Waals surface area contributed by atoms with Gasteiger partial charge in [-0.1, -0.05) is 36.4 Å². The molecule has 1 aromatic heterocycles. The Morgan fingerprint density at radius 2 is 1.94 bits per heavy atom. The molecule has 7 heteroatoms. The van der Waals surface area contributed by atoms with E-state index in [1.807, 2.05) is 31.2 Å². The van der Waals surface area contributed by atoms with Gasteiger partial charge in [0.05, 0.1) is 30.2 Å². The fourth-order valence-corrected chi connectivity index (χ4v) is 3.21. The lowest BCUT2D eigenvalue weighted by atomic mass is 9.84. The number of aliphatic imine (C=N–C) groups is 1. The molecular formula is C24H26N4O3. The number of ketones is 1. The molecule has 0 radical (unpaired) electrons. The third-order valence-electron chi connectivity index (χ3n) is 5.00. The maximum absolute atomic E-state index is 12.7. The largest absolute Gasteiger partial charge is 0.497 e. The number of amidine groups is 1. The molecule has 0 aliphatic rings. The number of benzene rings is 2. The number of rotatable bonds is 7. The Balaban J connectivity index is 1.96. The first-order valence-electron chi connectivity index (χ1n) is 11.1. The summed E-state index contributed by atoms with van der Waals surface area (Å²) in [6, 6.07) is 13.9. The van der Waals surface area contributed by atoms with Crippen molar-refractivity contribution >= 4 is 11.8 Å². The van der Waals surface area contributed by atoms with Crippen molar-refractivity contribution in [2.45, 2.75) is 25.8 Å². The number of methoxy groups -OCH3 is 2. The van der Waals surface area contributed by atoms with Gasteiger partial charge < -0.3 is 15.2 Å². The number of nitrogens with zero attached hydrogens (tertiary/aromatic N) is 3. The second-order valence-electron chi connectivity index (χ2n) is 7.20. The molecule has 160 valence electrons. The third kappa shape index (κ3) is 5.06. The number of carbonyl (C=O) groups excluding carboxylic acids is 1. The number of Topliss-reactive ketones (excluding diaryl/α,β-unsaturated/α-hetero) is 1. The van der Waals surface area contributed by atoms with Crippen molar-refractivity contribution in [3.8, 4) is 5.75 Å². The Morgan fingerprint density at radius 1 is 1.16 bits per heavy atom. The highest BCUT2D eigenvalue weighted by Crippen LogP contribution is 2.35. The summed E-state index contributed by atoms with van der Waals surface area (Å²) >= 11 is 0. The number of carbonyl (C=O) groups is 1. The SMILES string of the molecule is [2H]C([2H])([2H])Oc1ccc(C(C)(N=C(N)OC)c2cccc(CC(=O)c3cnc(C)cn3)c2)cc1. The number of nitrogens with two attached hydrogens (primary N) is 1. The molecule has 1 unspecified atom stereocenters. The van der Waals surface area contributed by atoms with Gasteiger partial charge in [-0.05, 0) is 42.7 Å². The lowest BCUT2D eigenvalue weighted by Crippen LogP contribution is -2.27. The molecule has 0 aliphatic carbocycles. The highest BCUT2D eigenvalue weighted by atomic mass is 16.5. The molecule has 3 rings (SSSR count). The van der Waals surface area contributed by atoms with Crippen LogP contribution in [0.1, 0.15) is 43.9 Å². The Bertz CT molecular complexity index is 1180. The van der Waals surface area contributed by atoms with E-state index in [0.717, 1.165) is 22.4 Å². The molecule has 0 saturated heterocycles. The summed E-state index contributed by atoms with van der Waals surface area (Å²) in [6.07, 6.45) is 3.16. The zero-order valence-electron chi connectivity index (χ0n) is 20.6. The van der Waals surface area contributed by atoms with Crippen LogP contribution >= 0.6 is 0 Å². The Hall–Kier alpha value is -3.74. The molecule has 3 aromatic rings. The second-order valence-corrected chi connectivity index (χ2v) is 7.20. The van der Waals surface area contributed by atoms with Crippen molar-refractivity contribution < 1.29 is 18.4 Å². The number of aromatic nitrogens is 2. The molecule has 0 spiro atoms. The second kappa shape index (κ2) is 9.38. The molecule has 0 fully saturated rings. The van der Waals surface area contributed by atoms with Gasteiger partial charge in [0.1, 0.15) is 17.0 Å². The van der Waals surface area contributed by atoms with E-state index < -0.39 is 12.6 Å². The van der Waals surface area contributed by atoms with Crippen molar-refractivity contribution in [2.24, 2.45) is 10.7 Å². The van der Waals surface area contributed by atoms with Crippen molar-refractivity contribution in [3.05, 3.63) is 89.0 Å². The van der Waals surface area contributed by atoms with Gasteiger partial charge in [-0.25, -0.2) is 9.98 Å². The molecular weight excluding hydrogens is 392 g/mol. The number of ether oxygens (including phenoxy) is 2. The zero-order chi connectivity index (χ0) is 24.9. The quantitative estimate of drug-likeness (QED) is 0.356. The van der Waals surface area contributed by atoms with Crippen LogP contribution < -0.4 is 10.5 Å². The number of hydrogen-bond donors (Lipinski definition) is 1. The highest BCUT2D eigenvalue weighted by Gasteiger charge is 2.30. The topological polar surface area (TPSA) is 99.7 Å². The van der Waals surface area contributed by atoms with Gasteiger partial charge in [-0.2, -0.15) is 0 Å². The van der Waals surface area contributed by atoms with Crippen molar-refractivity contribution in [2.75, 3.05) is 14.1 Å². The van der Waals surface area contributed by atoms with Crippen molar-refractivity contribution in [1.82, 2.24) is 9.97 Å². The average molecular weight is 422 g/mol. The van der Waals surface area contributed by atoms with Gasteiger partial charge in [-0.15, -0.1) is 0 Å². The predicted octanol–water partition coefficient (Wildman–Crippen LogP) is 3.44. The van der Waals surface area contributed by atoms with Gasteiger partial charge >= 0.3 is 0 Å². The number of aryl methyl sites for hydroxylation is 1. The van der Waals surface area contributed by atoms with E-state index >= 15 is 0 Å². The van der Waals surface area contributed by atoms with Crippen LogP contribution in [0.5, 0.6) is 5.75 Å². The van der Waals surface area contributed by atoms with Crippen LogP contribution in [0.3, 0.4) is 0 Å². The van der Waals surface area contributed by atoms with Crippen LogP contribution in [0, 0.1) is 6.92 Å². The molecule has 0 saturated carbocycles. The summed E-state index contributed by atoms with van der Waals surface area (Å²) < 4.78 is 31.9. The monoisotopic (exact) mass is 421 g/mol. The number of hydrogen-bond acceptors (Lipinski definition) is 6. The van der Waals surface area contributed by atoms with E-state index in [0.29, 0.717) is 5.69 Å². The predicted molar refractivity (Wildman–Crippen MR) is 119 cm³/mol. The molecule has 0 amide bonds.